The molecule has 0 atom stereocenters. The van der Waals surface area contributed by atoms with E-state index in [1.807, 2.05) is 24.8 Å². The van der Waals surface area contributed by atoms with E-state index >= 15 is 0 Å². The highest BCUT2D eigenvalue weighted by Crippen LogP contribution is 2.28. The van der Waals surface area contributed by atoms with Gasteiger partial charge in [-0.3, -0.25) is 18.8 Å². The molecule has 6 heterocycles. The van der Waals surface area contributed by atoms with E-state index in [4.69, 9.17) is 0 Å². The Kier molecular flexibility index (Phi) is 5.69. The summed E-state index contributed by atoms with van der Waals surface area (Å²) in [4.78, 5) is 13.5. The van der Waals surface area contributed by atoms with E-state index in [2.05, 4.69) is 49.0 Å². The summed E-state index contributed by atoms with van der Waals surface area (Å²) < 4.78 is 4.19. The van der Waals surface area contributed by atoms with Crippen molar-refractivity contribution in [3.8, 4) is 0 Å². The molecule has 2 aliphatic heterocycles. The zero-order valence-corrected chi connectivity index (χ0v) is 18.9. The van der Waals surface area contributed by atoms with Crippen molar-refractivity contribution in [3.05, 3.63) is 48.8 Å². The van der Waals surface area contributed by atoms with Gasteiger partial charge in [0.15, 0.2) is 11.3 Å². The van der Waals surface area contributed by atoms with E-state index in [0.717, 1.165) is 74.8 Å². The third-order valence-corrected chi connectivity index (χ3v) is 7.33. The maximum atomic E-state index is 4.44. The molecule has 0 saturated carbocycles. The molecule has 0 aliphatic carbocycles. The molecule has 0 bridgehead atoms. The van der Waals surface area contributed by atoms with Gasteiger partial charge in [-0.1, -0.05) is 0 Å². The highest BCUT2D eigenvalue weighted by atomic mass is 15.3. The molecule has 0 spiro atoms. The molecule has 0 aromatic carbocycles. The van der Waals surface area contributed by atoms with Crippen LogP contribution in [-0.4, -0.2) is 88.2 Å². The lowest BCUT2D eigenvalue weighted by atomic mass is 9.95. The molecule has 2 fully saturated rings. The number of likely N-dealkylation sites (tertiary alicyclic amines) is 2. The molecule has 4 aromatic heterocycles. The van der Waals surface area contributed by atoms with Gasteiger partial charge in [0, 0.05) is 36.6 Å². The van der Waals surface area contributed by atoms with Crippen LogP contribution in [0.3, 0.4) is 0 Å². The van der Waals surface area contributed by atoms with Crippen LogP contribution in [0.15, 0.2) is 37.2 Å². The van der Waals surface area contributed by atoms with Gasteiger partial charge in [0.05, 0.1) is 12.4 Å². The Bertz CT molecular complexity index is 1110. The number of hydrogen-bond acceptors (Lipinski definition) is 8. The Labute approximate surface area is 192 Å². The molecular formula is C23H30N10. The Balaban J connectivity index is 0.942. The summed E-state index contributed by atoms with van der Waals surface area (Å²) in [6.45, 7) is 6.92. The predicted octanol–water partition coefficient (Wildman–Crippen LogP) is 2.01. The second kappa shape index (κ2) is 9.11. The van der Waals surface area contributed by atoms with Crippen LogP contribution in [0.4, 0.5) is 0 Å². The average molecular weight is 447 g/mol. The molecule has 2 saturated heterocycles. The Morgan fingerprint density at radius 3 is 1.55 bits per heavy atom. The molecule has 10 nitrogen and oxygen atoms in total. The van der Waals surface area contributed by atoms with Crippen LogP contribution in [0, 0.1) is 0 Å². The van der Waals surface area contributed by atoms with Gasteiger partial charge in [-0.25, -0.2) is 0 Å². The fourth-order valence-corrected chi connectivity index (χ4v) is 5.45. The largest absolute Gasteiger partial charge is 0.303 e. The molecule has 2 aliphatic rings. The number of hydrogen-bond donors (Lipinski definition) is 0. The summed E-state index contributed by atoms with van der Waals surface area (Å²) in [7, 11) is 0. The highest BCUT2D eigenvalue weighted by Gasteiger charge is 2.26. The van der Waals surface area contributed by atoms with Crippen molar-refractivity contribution in [2.75, 3.05) is 39.3 Å². The third-order valence-electron chi connectivity index (χ3n) is 7.33. The van der Waals surface area contributed by atoms with Gasteiger partial charge in [0.2, 0.25) is 0 Å². The maximum Gasteiger partial charge on any atom is 0.179 e. The van der Waals surface area contributed by atoms with E-state index in [1.54, 1.807) is 12.4 Å². The van der Waals surface area contributed by atoms with Crippen molar-refractivity contribution in [1.29, 1.82) is 0 Å². The topological polar surface area (TPSA) is 92.6 Å². The lowest BCUT2D eigenvalue weighted by Gasteiger charge is -2.33. The molecule has 6 rings (SSSR count). The van der Waals surface area contributed by atoms with Gasteiger partial charge in [-0.2, -0.15) is 0 Å². The minimum Gasteiger partial charge on any atom is -0.303 e. The number of aromatic nitrogens is 8. The fourth-order valence-electron chi connectivity index (χ4n) is 5.45. The molecule has 172 valence electrons. The minimum atomic E-state index is 0.488. The van der Waals surface area contributed by atoms with Gasteiger partial charge >= 0.3 is 0 Å². The molecule has 0 unspecified atom stereocenters. The van der Waals surface area contributed by atoms with Crippen LogP contribution in [0.1, 0.15) is 55.6 Å². The number of nitrogens with zero attached hydrogens (tertiary/aromatic N) is 10. The zero-order valence-electron chi connectivity index (χ0n) is 18.9. The van der Waals surface area contributed by atoms with Crippen LogP contribution in [0.5, 0.6) is 0 Å². The summed E-state index contributed by atoms with van der Waals surface area (Å²) in [5.41, 5.74) is 1.68. The second-order valence-electron chi connectivity index (χ2n) is 9.31. The van der Waals surface area contributed by atoms with Crippen LogP contribution in [0.2, 0.25) is 0 Å². The normalized spacial score (nSPS) is 19.6. The quantitative estimate of drug-likeness (QED) is 0.444. The second-order valence-corrected chi connectivity index (χ2v) is 9.31. The Morgan fingerprint density at radius 2 is 1.09 bits per heavy atom. The van der Waals surface area contributed by atoms with E-state index in [0.29, 0.717) is 11.8 Å². The van der Waals surface area contributed by atoms with Gasteiger partial charge < -0.3 is 9.80 Å². The summed E-state index contributed by atoms with van der Waals surface area (Å²) in [6, 6.07) is 0. The first-order valence-corrected chi connectivity index (χ1v) is 12.1. The van der Waals surface area contributed by atoms with E-state index in [1.165, 1.54) is 19.5 Å². The Morgan fingerprint density at radius 1 is 0.636 bits per heavy atom. The van der Waals surface area contributed by atoms with Crippen LogP contribution < -0.4 is 0 Å². The fraction of sp³-hybridized carbons (Fsp3) is 0.565. The predicted molar refractivity (Wildman–Crippen MR) is 123 cm³/mol. The van der Waals surface area contributed by atoms with E-state index < -0.39 is 0 Å². The SMILES string of the molecule is c1cn2c(C3CCN(CCCN4CCC(c5nnc6cnccn56)CC4)CC3)nnc2cn1. The molecule has 4 aromatic rings. The van der Waals surface area contributed by atoms with Crippen molar-refractivity contribution in [3.63, 3.8) is 0 Å². The minimum absolute atomic E-state index is 0.488. The van der Waals surface area contributed by atoms with Gasteiger partial charge in [0.25, 0.3) is 0 Å². The molecule has 10 heteroatoms. The summed E-state index contributed by atoms with van der Waals surface area (Å²) in [6.07, 6.45) is 17.0. The number of rotatable bonds is 6. The van der Waals surface area contributed by atoms with Crippen LogP contribution >= 0.6 is 0 Å². The molecule has 33 heavy (non-hydrogen) atoms. The highest BCUT2D eigenvalue weighted by molar-refractivity contribution is 5.35. The molecular weight excluding hydrogens is 416 g/mol. The maximum absolute atomic E-state index is 4.44. The molecule has 0 radical (unpaired) electrons. The van der Waals surface area contributed by atoms with E-state index in [-0.39, 0.29) is 0 Å². The lowest BCUT2D eigenvalue weighted by Crippen LogP contribution is -2.38. The van der Waals surface area contributed by atoms with Gasteiger partial charge in [-0.15, -0.1) is 20.4 Å². The summed E-state index contributed by atoms with van der Waals surface area (Å²) in [5.74, 6) is 3.15. The van der Waals surface area contributed by atoms with Gasteiger partial charge in [0.1, 0.15) is 11.6 Å². The summed E-state index contributed by atoms with van der Waals surface area (Å²) >= 11 is 0. The van der Waals surface area contributed by atoms with Crippen LogP contribution in [-0.2, 0) is 0 Å². The van der Waals surface area contributed by atoms with E-state index in [9.17, 15) is 0 Å². The van der Waals surface area contributed by atoms with Crippen molar-refractivity contribution in [2.24, 2.45) is 0 Å². The average Bonchev–Trinajstić information content (AvgIpc) is 3.50. The first-order chi connectivity index (χ1) is 16.3. The Hall–Kier alpha value is -2.98. The summed E-state index contributed by atoms with van der Waals surface area (Å²) in [5, 5.41) is 17.4. The van der Waals surface area contributed by atoms with Crippen molar-refractivity contribution < 1.29 is 0 Å². The standard InChI is InChI=1S/C23H30N10/c1(8-30-10-2-18(3-11-30)22-28-26-20-16-24-6-14-32(20)22)9-31-12-4-19(5-13-31)23-29-27-21-17-25-7-15-33(21)23/h6-7,14-19H,1-5,8-13H2. The lowest BCUT2D eigenvalue weighted by molar-refractivity contribution is 0.172. The zero-order chi connectivity index (χ0) is 22.0. The van der Waals surface area contributed by atoms with Crippen molar-refractivity contribution in [1.82, 2.24) is 49.0 Å². The molecule has 0 amide bonds. The monoisotopic (exact) mass is 446 g/mol. The first kappa shape index (κ1) is 20.6. The molecule has 0 N–H and O–H groups in total. The first-order valence-electron chi connectivity index (χ1n) is 12.1. The third kappa shape index (κ3) is 4.20. The number of piperidine rings is 2. The smallest absolute Gasteiger partial charge is 0.179 e. The van der Waals surface area contributed by atoms with Crippen LogP contribution in [0.25, 0.3) is 11.3 Å². The number of fused-ring (bicyclic) bond motifs is 2. The van der Waals surface area contributed by atoms with Crippen molar-refractivity contribution >= 4 is 11.3 Å². The van der Waals surface area contributed by atoms with Gasteiger partial charge in [-0.05, 0) is 71.4 Å². The van der Waals surface area contributed by atoms with Crippen molar-refractivity contribution in [2.45, 2.75) is 43.9 Å².